The Morgan fingerprint density at radius 2 is 2.09 bits per heavy atom. The molecule has 0 saturated heterocycles. The van der Waals surface area contributed by atoms with Crippen molar-refractivity contribution in [2.75, 3.05) is 20.8 Å². The predicted molar refractivity (Wildman–Crippen MR) is 100 cm³/mol. The summed E-state index contributed by atoms with van der Waals surface area (Å²) in [5.74, 6) is 2.11. The van der Waals surface area contributed by atoms with Crippen LogP contribution in [0.3, 0.4) is 0 Å². The standard InChI is InChI=1S/C16H25N3O2.HI/c1-4-9-21-14-8-5-12(10-15(14)20-3)11-18-16(17)19(2)13-6-7-13;/h5,8,10,13H,4,6-7,9,11H2,1-3H3,(H2,17,18);1H. The Morgan fingerprint density at radius 3 is 2.68 bits per heavy atom. The first-order chi connectivity index (χ1) is 10.2. The smallest absolute Gasteiger partial charge is 0.191 e. The van der Waals surface area contributed by atoms with E-state index in [4.69, 9.17) is 15.2 Å². The summed E-state index contributed by atoms with van der Waals surface area (Å²) in [5.41, 5.74) is 7.05. The van der Waals surface area contributed by atoms with Crippen molar-refractivity contribution in [2.45, 2.75) is 38.8 Å². The van der Waals surface area contributed by atoms with Crippen molar-refractivity contribution in [3.63, 3.8) is 0 Å². The highest BCUT2D eigenvalue weighted by atomic mass is 127. The van der Waals surface area contributed by atoms with E-state index in [9.17, 15) is 0 Å². The number of nitrogens with zero attached hydrogens (tertiary/aromatic N) is 2. The van der Waals surface area contributed by atoms with Gasteiger partial charge < -0.3 is 20.1 Å². The zero-order chi connectivity index (χ0) is 15.2. The summed E-state index contributed by atoms with van der Waals surface area (Å²) in [4.78, 5) is 6.50. The molecule has 0 amide bonds. The van der Waals surface area contributed by atoms with Gasteiger partial charge in [0.2, 0.25) is 0 Å². The highest BCUT2D eigenvalue weighted by Crippen LogP contribution is 2.29. The maximum atomic E-state index is 5.99. The molecule has 0 atom stereocenters. The van der Waals surface area contributed by atoms with Gasteiger partial charge in [-0.25, -0.2) is 4.99 Å². The minimum Gasteiger partial charge on any atom is -0.493 e. The van der Waals surface area contributed by atoms with Crippen molar-refractivity contribution in [3.05, 3.63) is 23.8 Å². The average molecular weight is 419 g/mol. The molecule has 0 heterocycles. The third kappa shape index (κ3) is 5.23. The van der Waals surface area contributed by atoms with Gasteiger partial charge in [0.15, 0.2) is 17.5 Å². The molecule has 124 valence electrons. The third-order valence-electron chi connectivity index (χ3n) is 3.57. The number of guanidine groups is 1. The minimum atomic E-state index is 0. The Morgan fingerprint density at radius 1 is 1.36 bits per heavy atom. The van der Waals surface area contributed by atoms with Gasteiger partial charge >= 0.3 is 0 Å². The van der Waals surface area contributed by atoms with Crippen LogP contribution < -0.4 is 15.2 Å². The fourth-order valence-electron chi connectivity index (χ4n) is 2.07. The van der Waals surface area contributed by atoms with Crippen LogP contribution in [0.15, 0.2) is 23.2 Å². The van der Waals surface area contributed by atoms with Crippen molar-refractivity contribution in [3.8, 4) is 11.5 Å². The van der Waals surface area contributed by atoms with Crippen LogP contribution in [0.1, 0.15) is 31.7 Å². The van der Waals surface area contributed by atoms with E-state index in [1.54, 1.807) is 7.11 Å². The van der Waals surface area contributed by atoms with Crippen molar-refractivity contribution in [1.29, 1.82) is 0 Å². The van der Waals surface area contributed by atoms with E-state index < -0.39 is 0 Å². The van der Waals surface area contributed by atoms with Crippen LogP contribution in [-0.2, 0) is 6.54 Å². The molecular weight excluding hydrogens is 393 g/mol. The number of hydrogen-bond acceptors (Lipinski definition) is 3. The van der Waals surface area contributed by atoms with Crippen molar-refractivity contribution in [1.82, 2.24) is 4.90 Å². The number of ether oxygens (including phenoxy) is 2. The Hall–Kier alpha value is -1.18. The fourth-order valence-corrected chi connectivity index (χ4v) is 2.07. The molecule has 0 bridgehead atoms. The van der Waals surface area contributed by atoms with Crippen LogP contribution in [0.2, 0.25) is 0 Å². The highest BCUT2D eigenvalue weighted by molar-refractivity contribution is 14.0. The summed E-state index contributed by atoms with van der Waals surface area (Å²) in [7, 11) is 3.65. The molecule has 0 aliphatic heterocycles. The number of rotatable bonds is 7. The van der Waals surface area contributed by atoms with Gasteiger partial charge in [0.25, 0.3) is 0 Å². The molecule has 0 radical (unpaired) electrons. The fraction of sp³-hybridized carbons (Fsp3) is 0.562. The van der Waals surface area contributed by atoms with Crippen LogP contribution in [0, 0.1) is 0 Å². The second-order valence-electron chi connectivity index (χ2n) is 5.35. The van der Waals surface area contributed by atoms with Crippen LogP contribution in [0.5, 0.6) is 11.5 Å². The quantitative estimate of drug-likeness (QED) is 0.420. The molecule has 1 aliphatic rings. The van der Waals surface area contributed by atoms with Gasteiger partial charge in [0.05, 0.1) is 20.3 Å². The second kappa shape index (κ2) is 9.07. The SMILES string of the molecule is CCCOc1ccc(CN=C(N)N(C)C2CC2)cc1OC.I. The third-order valence-corrected chi connectivity index (χ3v) is 3.57. The molecule has 1 aliphatic carbocycles. The van der Waals surface area contributed by atoms with Gasteiger partial charge in [-0.15, -0.1) is 24.0 Å². The first kappa shape index (κ1) is 18.9. The molecule has 2 rings (SSSR count). The lowest BCUT2D eigenvalue weighted by molar-refractivity contribution is 0.294. The van der Waals surface area contributed by atoms with Gasteiger partial charge in [0, 0.05) is 13.1 Å². The second-order valence-corrected chi connectivity index (χ2v) is 5.35. The summed E-state index contributed by atoms with van der Waals surface area (Å²) < 4.78 is 11.0. The zero-order valence-electron chi connectivity index (χ0n) is 13.5. The summed E-state index contributed by atoms with van der Waals surface area (Å²) in [6.07, 6.45) is 3.40. The lowest BCUT2D eigenvalue weighted by Gasteiger charge is -2.17. The van der Waals surface area contributed by atoms with E-state index in [1.807, 2.05) is 25.2 Å². The largest absolute Gasteiger partial charge is 0.493 e. The molecule has 0 unspecified atom stereocenters. The van der Waals surface area contributed by atoms with E-state index in [2.05, 4.69) is 16.8 Å². The lowest BCUT2D eigenvalue weighted by atomic mass is 10.2. The maximum Gasteiger partial charge on any atom is 0.191 e. The highest BCUT2D eigenvalue weighted by Gasteiger charge is 2.27. The number of nitrogens with two attached hydrogens (primary N) is 1. The Balaban J connectivity index is 0.00000242. The number of methoxy groups -OCH3 is 1. The van der Waals surface area contributed by atoms with Gasteiger partial charge in [-0.05, 0) is 37.0 Å². The number of benzene rings is 1. The van der Waals surface area contributed by atoms with Crippen LogP contribution in [0.25, 0.3) is 0 Å². The summed E-state index contributed by atoms with van der Waals surface area (Å²) in [5, 5.41) is 0. The maximum absolute atomic E-state index is 5.99. The topological polar surface area (TPSA) is 60.1 Å². The molecule has 1 aromatic rings. The molecule has 0 spiro atoms. The van der Waals surface area contributed by atoms with E-state index in [1.165, 1.54) is 12.8 Å². The first-order valence-corrected chi connectivity index (χ1v) is 7.48. The molecule has 5 nitrogen and oxygen atoms in total. The monoisotopic (exact) mass is 419 g/mol. The molecule has 6 heteroatoms. The lowest BCUT2D eigenvalue weighted by Crippen LogP contribution is -2.35. The van der Waals surface area contributed by atoms with Gasteiger partial charge in [0.1, 0.15) is 0 Å². The predicted octanol–water partition coefficient (Wildman–Crippen LogP) is 3.01. The van der Waals surface area contributed by atoms with E-state index >= 15 is 0 Å². The first-order valence-electron chi connectivity index (χ1n) is 7.48. The Kier molecular flexibility index (Phi) is 7.78. The van der Waals surface area contributed by atoms with E-state index in [0.29, 0.717) is 25.2 Å². The van der Waals surface area contributed by atoms with Gasteiger partial charge in [-0.2, -0.15) is 0 Å². The molecule has 1 aromatic carbocycles. The molecule has 1 saturated carbocycles. The van der Waals surface area contributed by atoms with Crippen molar-refractivity contribution < 1.29 is 9.47 Å². The number of aliphatic imine (C=N–C) groups is 1. The van der Waals surface area contributed by atoms with E-state index in [-0.39, 0.29) is 24.0 Å². The molecule has 2 N–H and O–H groups in total. The summed E-state index contributed by atoms with van der Waals surface area (Å²) in [6, 6.07) is 6.47. The zero-order valence-corrected chi connectivity index (χ0v) is 15.9. The van der Waals surface area contributed by atoms with Crippen molar-refractivity contribution >= 4 is 29.9 Å². The van der Waals surface area contributed by atoms with Gasteiger partial charge in [-0.3, -0.25) is 0 Å². The normalized spacial score (nSPS) is 14.2. The number of hydrogen-bond donors (Lipinski definition) is 1. The minimum absolute atomic E-state index is 0. The Labute approximate surface area is 149 Å². The summed E-state index contributed by atoms with van der Waals surface area (Å²) >= 11 is 0. The van der Waals surface area contributed by atoms with Crippen LogP contribution >= 0.6 is 24.0 Å². The van der Waals surface area contributed by atoms with Gasteiger partial charge in [-0.1, -0.05) is 13.0 Å². The average Bonchev–Trinajstić information content (AvgIpc) is 3.34. The van der Waals surface area contributed by atoms with Crippen LogP contribution in [0.4, 0.5) is 0 Å². The molecule has 1 fully saturated rings. The summed E-state index contributed by atoms with van der Waals surface area (Å²) in [6.45, 7) is 3.31. The molecule has 22 heavy (non-hydrogen) atoms. The van der Waals surface area contributed by atoms with Crippen LogP contribution in [-0.4, -0.2) is 37.7 Å². The molecule has 0 aromatic heterocycles. The Bertz CT molecular complexity index is 504. The van der Waals surface area contributed by atoms with E-state index in [0.717, 1.165) is 23.5 Å². The van der Waals surface area contributed by atoms with Crippen molar-refractivity contribution in [2.24, 2.45) is 10.7 Å². The molecular formula is C16H26IN3O2. The number of halogens is 1.